The van der Waals surface area contributed by atoms with Gasteiger partial charge in [0.2, 0.25) is 0 Å². The molecule has 0 bridgehead atoms. The second-order valence-corrected chi connectivity index (χ2v) is 7.84. The van der Waals surface area contributed by atoms with Crippen molar-refractivity contribution in [3.8, 4) is 11.1 Å². The van der Waals surface area contributed by atoms with Gasteiger partial charge in [0.05, 0.1) is 11.4 Å². The zero-order chi connectivity index (χ0) is 16.2. The van der Waals surface area contributed by atoms with E-state index in [1.54, 1.807) is 26.0 Å². The topological polar surface area (TPSA) is 54.4 Å². The number of benzene rings is 2. The molecule has 0 fully saturated rings. The Balaban J connectivity index is 2.26. The first kappa shape index (κ1) is 16.7. The van der Waals surface area contributed by atoms with Gasteiger partial charge in [-0.3, -0.25) is 0 Å². The van der Waals surface area contributed by atoms with E-state index in [2.05, 4.69) is 0 Å². The minimum atomic E-state index is -3.27. The predicted octanol–water partition coefficient (Wildman–Crippen LogP) is 3.60. The maximum Gasteiger partial charge on any atom is 0.155 e. The first-order valence-electron chi connectivity index (χ1n) is 7.54. The van der Waals surface area contributed by atoms with E-state index in [1.807, 2.05) is 42.5 Å². The van der Waals surface area contributed by atoms with Crippen LogP contribution in [0.3, 0.4) is 0 Å². The fourth-order valence-corrected chi connectivity index (χ4v) is 4.09. The number of hydrogen-bond donors (Lipinski definition) is 1. The molecule has 0 aliphatic rings. The van der Waals surface area contributed by atoms with Gasteiger partial charge in [0.15, 0.2) is 9.84 Å². The summed E-state index contributed by atoms with van der Waals surface area (Å²) in [5.74, 6) is 0.0463. The fourth-order valence-electron chi connectivity index (χ4n) is 2.61. The molecule has 0 aromatic heterocycles. The van der Waals surface area contributed by atoms with Crippen molar-refractivity contribution in [1.29, 1.82) is 0 Å². The lowest BCUT2D eigenvalue weighted by Crippen LogP contribution is -2.29. The molecule has 4 heteroatoms. The minimum absolute atomic E-state index is 0.0463. The van der Waals surface area contributed by atoms with Crippen LogP contribution in [0.1, 0.15) is 31.9 Å². The molecule has 0 spiro atoms. The van der Waals surface area contributed by atoms with Gasteiger partial charge in [-0.2, -0.15) is 0 Å². The summed E-state index contributed by atoms with van der Waals surface area (Å²) in [4.78, 5) is 0. The summed E-state index contributed by atoms with van der Waals surface area (Å²) < 4.78 is 24.1. The molecular weight excluding hydrogens is 296 g/mol. The van der Waals surface area contributed by atoms with E-state index in [-0.39, 0.29) is 5.75 Å². The Kier molecular flexibility index (Phi) is 5.37. The first-order chi connectivity index (χ1) is 10.5. The molecule has 0 amide bonds. The molecule has 0 aliphatic carbocycles. The molecule has 0 unspecified atom stereocenters. The van der Waals surface area contributed by atoms with E-state index in [4.69, 9.17) is 0 Å². The van der Waals surface area contributed by atoms with Gasteiger partial charge in [-0.15, -0.1) is 0 Å². The molecule has 2 aromatic rings. The van der Waals surface area contributed by atoms with Crippen LogP contribution in [0.2, 0.25) is 0 Å². The van der Waals surface area contributed by atoms with Crippen LogP contribution in [-0.4, -0.2) is 24.5 Å². The zero-order valence-corrected chi connectivity index (χ0v) is 13.8. The summed E-state index contributed by atoms with van der Waals surface area (Å²) in [5.41, 5.74) is 2.78. The quantitative estimate of drug-likeness (QED) is 0.885. The van der Waals surface area contributed by atoms with Crippen molar-refractivity contribution in [3.63, 3.8) is 0 Å². The molecule has 2 atom stereocenters. The van der Waals surface area contributed by atoms with Crippen LogP contribution >= 0.6 is 0 Å². The lowest BCUT2D eigenvalue weighted by molar-refractivity contribution is 0.169. The Hall–Kier alpha value is -1.65. The summed E-state index contributed by atoms with van der Waals surface area (Å²) in [5, 5.41) is 9.68. The van der Waals surface area contributed by atoms with Crippen LogP contribution in [0.25, 0.3) is 11.1 Å². The third-order valence-electron chi connectivity index (χ3n) is 3.98. The number of aliphatic hydroxyl groups is 1. The summed E-state index contributed by atoms with van der Waals surface area (Å²) >= 11 is 0. The lowest BCUT2D eigenvalue weighted by atomic mass is 10.00. The Labute approximate surface area is 132 Å². The third kappa shape index (κ3) is 3.57. The van der Waals surface area contributed by atoms with Crippen molar-refractivity contribution < 1.29 is 13.5 Å². The predicted molar refractivity (Wildman–Crippen MR) is 90.4 cm³/mol. The van der Waals surface area contributed by atoms with Gasteiger partial charge in [-0.25, -0.2) is 8.42 Å². The average Bonchev–Trinajstić information content (AvgIpc) is 2.56. The highest BCUT2D eigenvalue weighted by Gasteiger charge is 2.30. The summed E-state index contributed by atoms with van der Waals surface area (Å²) in [6.45, 7) is 3.41. The van der Waals surface area contributed by atoms with E-state index in [0.29, 0.717) is 12.0 Å². The van der Waals surface area contributed by atoms with Crippen molar-refractivity contribution in [2.24, 2.45) is 0 Å². The highest BCUT2D eigenvalue weighted by Crippen LogP contribution is 2.27. The standard InChI is InChI=1S/C18H22O3S/c1-3-17(22(20,21)4-2)18(19)16-12-10-15(11-13-16)14-8-6-5-7-9-14/h5-13,17-19H,3-4H2,1-2H3/t17-,18-/m0/s1. The molecule has 0 saturated carbocycles. The van der Waals surface area contributed by atoms with Gasteiger partial charge in [0.1, 0.15) is 0 Å². The van der Waals surface area contributed by atoms with Gasteiger partial charge in [0, 0.05) is 5.75 Å². The van der Waals surface area contributed by atoms with E-state index in [0.717, 1.165) is 11.1 Å². The molecule has 0 aliphatic heterocycles. The molecular formula is C18H22O3S. The van der Waals surface area contributed by atoms with Crippen LogP contribution in [0.4, 0.5) is 0 Å². The van der Waals surface area contributed by atoms with Crippen LogP contribution in [0.5, 0.6) is 0 Å². The Morgan fingerprint density at radius 3 is 1.95 bits per heavy atom. The lowest BCUT2D eigenvalue weighted by Gasteiger charge is -2.21. The first-order valence-corrected chi connectivity index (χ1v) is 9.26. The van der Waals surface area contributed by atoms with Crippen molar-refractivity contribution in [2.45, 2.75) is 31.6 Å². The number of hydrogen-bond acceptors (Lipinski definition) is 3. The molecule has 22 heavy (non-hydrogen) atoms. The van der Waals surface area contributed by atoms with E-state index < -0.39 is 21.2 Å². The zero-order valence-electron chi connectivity index (χ0n) is 12.9. The second kappa shape index (κ2) is 7.07. The third-order valence-corrected chi connectivity index (χ3v) is 6.30. The molecule has 2 aromatic carbocycles. The van der Waals surface area contributed by atoms with Crippen molar-refractivity contribution >= 4 is 9.84 Å². The SMILES string of the molecule is CC[C@@H]([C@@H](O)c1ccc(-c2ccccc2)cc1)S(=O)(=O)CC. The Morgan fingerprint density at radius 1 is 0.909 bits per heavy atom. The van der Waals surface area contributed by atoms with Crippen molar-refractivity contribution in [1.82, 2.24) is 0 Å². The van der Waals surface area contributed by atoms with Crippen LogP contribution in [0.15, 0.2) is 54.6 Å². The molecule has 0 saturated heterocycles. The Bertz CT molecular complexity index is 691. The van der Waals surface area contributed by atoms with Gasteiger partial charge in [-0.1, -0.05) is 68.4 Å². The van der Waals surface area contributed by atoms with E-state index in [9.17, 15) is 13.5 Å². The van der Waals surface area contributed by atoms with Crippen LogP contribution in [-0.2, 0) is 9.84 Å². The van der Waals surface area contributed by atoms with Crippen LogP contribution in [0, 0.1) is 0 Å². The highest BCUT2D eigenvalue weighted by atomic mass is 32.2. The van der Waals surface area contributed by atoms with Crippen LogP contribution < -0.4 is 0 Å². The van der Waals surface area contributed by atoms with Crippen molar-refractivity contribution in [3.05, 3.63) is 60.2 Å². The van der Waals surface area contributed by atoms with Gasteiger partial charge < -0.3 is 5.11 Å². The largest absolute Gasteiger partial charge is 0.387 e. The fraction of sp³-hybridized carbons (Fsp3) is 0.333. The monoisotopic (exact) mass is 318 g/mol. The number of aliphatic hydroxyl groups excluding tert-OH is 1. The minimum Gasteiger partial charge on any atom is -0.387 e. The number of sulfone groups is 1. The molecule has 118 valence electrons. The smallest absolute Gasteiger partial charge is 0.155 e. The van der Waals surface area contributed by atoms with Crippen molar-refractivity contribution in [2.75, 3.05) is 5.75 Å². The molecule has 0 heterocycles. The molecule has 3 nitrogen and oxygen atoms in total. The van der Waals surface area contributed by atoms with E-state index >= 15 is 0 Å². The maximum atomic E-state index is 12.1. The maximum absolute atomic E-state index is 12.1. The summed E-state index contributed by atoms with van der Waals surface area (Å²) in [6, 6.07) is 17.4. The average molecular weight is 318 g/mol. The summed E-state index contributed by atoms with van der Waals surface area (Å²) in [6.07, 6.45) is -0.586. The van der Waals surface area contributed by atoms with E-state index in [1.165, 1.54) is 0 Å². The second-order valence-electron chi connectivity index (χ2n) is 5.33. The number of rotatable bonds is 6. The molecule has 2 rings (SSSR count). The molecule has 0 radical (unpaired) electrons. The van der Waals surface area contributed by atoms with Gasteiger partial charge in [0.25, 0.3) is 0 Å². The van der Waals surface area contributed by atoms with Gasteiger partial charge in [-0.05, 0) is 23.1 Å². The highest BCUT2D eigenvalue weighted by molar-refractivity contribution is 7.92. The normalized spacial score (nSPS) is 14.5. The van der Waals surface area contributed by atoms with Gasteiger partial charge >= 0.3 is 0 Å². The Morgan fingerprint density at radius 2 is 1.45 bits per heavy atom. The summed E-state index contributed by atoms with van der Waals surface area (Å²) in [7, 11) is -3.27. The molecule has 1 N–H and O–H groups in total.